The first-order chi connectivity index (χ1) is 14.5. The Labute approximate surface area is 184 Å². The number of carbonyl (C=O) groups is 2. The van der Waals surface area contributed by atoms with Crippen molar-refractivity contribution in [2.75, 3.05) is 13.2 Å². The molecule has 30 heavy (non-hydrogen) atoms. The fourth-order valence-corrected chi connectivity index (χ4v) is 3.54. The summed E-state index contributed by atoms with van der Waals surface area (Å²) in [6.07, 6.45) is 17.1. The van der Waals surface area contributed by atoms with E-state index in [0.717, 1.165) is 32.1 Å². The Bertz CT molecular complexity index is 416. The van der Waals surface area contributed by atoms with Crippen LogP contribution < -0.4 is 5.32 Å². The third-order valence-electron chi connectivity index (χ3n) is 5.43. The highest BCUT2D eigenvalue weighted by molar-refractivity contribution is 5.80. The lowest BCUT2D eigenvalue weighted by Gasteiger charge is -2.20. The Kier molecular flexibility index (Phi) is 20.3. The highest BCUT2D eigenvalue weighted by atomic mass is 16.5. The van der Waals surface area contributed by atoms with Gasteiger partial charge in [-0.15, -0.1) is 0 Å². The number of aliphatic hydroxyl groups excluding tert-OH is 1. The Morgan fingerprint density at radius 1 is 0.767 bits per heavy atom. The topological polar surface area (TPSA) is 95.9 Å². The summed E-state index contributed by atoms with van der Waals surface area (Å²) in [4.78, 5) is 22.8. The SMILES string of the molecule is CCCCCCCCCCCCCCC(O)C(=O)N[C@@H](CCCC)COCC(=O)O. The molecule has 3 N–H and O–H groups in total. The summed E-state index contributed by atoms with van der Waals surface area (Å²) in [5.74, 6) is -1.40. The van der Waals surface area contributed by atoms with Gasteiger partial charge >= 0.3 is 5.97 Å². The molecule has 2 atom stereocenters. The van der Waals surface area contributed by atoms with Crippen molar-refractivity contribution < 1.29 is 24.5 Å². The molecule has 0 aliphatic heterocycles. The maximum Gasteiger partial charge on any atom is 0.329 e. The van der Waals surface area contributed by atoms with Crippen LogP contribution in [0.5, 0.6) is 0 Å². The van der Waals surface area contributed by atoms with Crippen molar-refractivity contribution in [2.24, 2.45) is 0 Å². The van der Waals surface area contributed by atoms with Gasteiger partial charge in [-0.2, -0.15) is 0 Å². The first kappa shape index (κ1) is 28.9. The summed E-state index contributed by atoms with van der Waals surface area (Å²) in [5.41, 5.74) is 0. The second kappa shape index (κ2) is 21.1. The zero-order valence-corrected chi connectivity index (χ0v) is 19.5. The fraction of sp³-hybridized carbons (Fsp3) is 0.917. The van der Waals surface area contributed by atoms with E-state index >= 15 is 0 Å². The molecule has 1 unspecified atom stereocenters. The van der Waals surface area contributed by atoms with Gasteiger partial charge in [-0.05, 0) is 12.8 Å². The molecule has 1 amide bonds. The largest absolute Gasteiger partial charge is 0.480 e. The van der Waals surface area contributed by atoms with E-state index in [1.165, 1.54) is 57.8 Å². The molecule has 0 aromatic heterocycles. The number of aliphatic hydroxyl groups is 1. The van der Waals surface area contributed by atoms with Gasteiger partial charge in [0, 0.05) is 0 Å². The summed E-state index contributed by atoms with van der Waals surface area (Å²) in [6, 6.07) is -0.256. The maximum absolute atomic E-state index is 12.2. The minimum Gasteiger partial charge on any atom is -0.480 e. The van der Waals surface area contributed by atoms with Crippen molar-refractivity contribution in [3.05, 3.63) is 0 Å². The Balaban J connectivity index is 3.77. The van der Waals surface area contributed by atoms with Gasteiger partial charge in [-0.1, -0.05) is 104 Å². The van der Waals surface area contributed by atoms with Crippen LogP contribution in [0.15, 0.2) is 0 Å². The normalized spacial score (nSPS) is 13.2. The van der Waals surface area contributed by atoms with Crippen LogP contribution in [0.1, 0.15) is 117 Å². The number of nitrogens with one attached hydrogen (secondary N) is 1. The molecule has 0 spiro atoms. The predicted molar refractivity (Wildman–Crippen MR) is 122 cm³/mol. The van der Waals surface area contributed by atoms with Crippen LogP contribution >= 0.6 is 0 Å². The van der Waals surface area contributed by atoms with Gasteiger partial charge in [-0.3, -0.25) is 4.79 Å². The quantitative estimate of drug-likeness (QED) is 0.205. The van der Waals surface area contributed by atoms with Crippen molar-refractivity contribution >= 4 is 11.9 Å². The van der Waals surface area contributed by atoms with E-state index in [0.29, 0.717) is 12.8 Å². The molecular weight excluding hydrogens is 382 g/mol. The summed E-state index contributed by atoms with van der Waals surface area (Å²) < 4.78 is 5.12. The lowest BCUT2D eigenvalue weighted by Crippen LogP contribution is -2.44. The average molecular weight is 430 g/mol. The molecule has 0 aliphatic rings. The Hall–Kier alpha value is -1.14. The molecule has 0 aromatic carbocycles. The minimum atomic E-state index is -1.03. The van der Waals surface area contributed by atoms with Gasteiger partial charge < -0.3 is 20.3 Å². The Morgan fingerprint density at radius 3 is 1.77 bits per heavy atom. The highest BCUT2D eigenvalue weighted by Crippen LogP contribution is 2.13. The number of rotatable bonds is 22. The number of hydrogen-bond donors (Lipinski definition) is 3. The third kappa shape index (κ3) is 18.9. The zero-order valence-electron chi connectivity index (χ0n) is 19.5. The van der Waals surface area contributed by atoms with Crippen molar-refractivity contribution in [1.82, 2.24) is 5.32 Å². The summed E-state index contributed by atoms with van der Waals surface area (Å²) >= 11 is 0. The van der Waals surface area contributed by atoms with Crippen LogP contribution in [0.3, 0.4) is 0 Å². The van der Waals surface area contributed by atoms with Gasteiger partial charge in [0.2, 0.25) is 5.91 Å². The molecule has 0 heterocycles. The molecule has 0 saturated carbocycles. The number of carboxylic acids is 1. The van der Waals surface area contributed by atoms with Crippen molar-refractivity contribution in [2.45, 2.75) is 129 Å². The molecule has 6 heteroatoms. The summed E-state index contributed by atoms with van der Waals surface area (Å²) in [5, 5.41) is 21.6. The number of hydrogen-bond acceptors (Lipinski definition) is 4. The lowest BCUT2D eigenvalue weighted by molar-refractivity contribution is -0.142. The number of aliphatic carboxylic acids is 1. The monoisotopic (exact) mass is 429 g/mol. The van der Waals surface area contributed by atoms with E-state index in [9.17, 15) is 14.7 Å². The first-order valence-corrected chi connectivity index (χ1v) is 12.3. The van der Waals surface area contributed by atoms with E-state index in [2.05, 4.69) is 19.2 Å². The van der Waals surface area contributed by atoms with Crippen LogP contribution in [0.25, 0.3) is 0 Å². The lowest BCUT2D eigenvalue weighted by atomic mass is 10.0. The highest BCUT2D eigenvalue weighted by Gasteiger charge is 2.19. The van der Waals surface area contributed by atoms with Gasteiger partial charge in [0.1, 0.15) is 12.7 Å². The number of ether oxygens (including phenoxy) is 1. The second-order valence-electron chi connectivity index (χ2n) is 8.45. The number of carboxylic acid groups (broad SMARTS) is 1. The van der Waals surface area contributed by atoms with E-state index in [4.69, 9.17) is 9.84 Å². The van der Waals surface area contributed by atoms with Crippen LogP contribution in [0.2, 0.25) is 0 Å². The molecule has 0 radical (unpaired) electrons. The van der Waals surface area contributed by atoms with E-state index < -0.39 is 12.1 Å². The molecule has 0 bridgehead atoms. The molecular formula is C24H47NO5. The first-order valence-electron chi connectivity index (χ1n) is 12.3. The number of unbranched alkanes of at least 4 members (excludes halogenated alkanes) is 12. The van der Waals surface area contributed by atoms with Gasteiger partial charge in [0.15, 0.2) is 0 Å². The molecule has 0 saturated heterocycles. The molecule has 6 nitrogen and oxygen atoms in total. The zero-order chi connectivity index (χ0) is 22.5. The van der Waals surface area contributed by atoms with Crippen molar-refractivity contribution in [3.63, 3.8) is 0 Å². The molecule has 0 rings (SSSR count). The molecule has 0 aliphatic carbocycles. The number of carbonyl (C=O) groups excluding carboxylic acids is 1. The van der Waals surface area contributed by atoms with E-state index in [1.54, 1.807) is 0 Å². The minimum absolute atomic E-state index is 0.156. The van der Waals surface area contributed by atoms with Crippen molar-refractivity contribution in [1.29, 1.82) is 0 Å². The van der Waals surface area contributed by atoms with Crippen LogP contribution in [0.4, 0.5) is 0 Å². The van der Waals surface area contributed by atoms with Crippen molar-refractivity contribution in [3.8, 4) is 0 Å². The summed E-state index contributed by atoms with van der Waals surface area (Å²) in [6.45, 7) is 4.08. The van der Waals surface area contributed by atoms with Crippen LogP contribution in [0, 0.1) is 0 Å². The summed E-state index contributed by atoms with van der Waals surface area (Å²) in [7, 11) is 0. The molecule has 178 valence electrons. The van der Waals surface area contributed by atoms with E-state index in [1.807, 2.05) is 0 Å². The van der Waals surface area contributed by atoms with Crippen LogP contribution in [-0.4, -0.2) is 47.4 Å². The molecule has 0 aromatic rings. The van der Waals surface area contributed by atoms with Crippen LogP contribution in [-0.2, 0) is 14.3 Å². The number of amides is 1. The average Bonchev–Trinajstić information content (AvgIpc) is 2.72. The van der Waals surface area contributed by atoms with Gasteiger partial charge in [-0.25, -0.2) is 4.79 Å². The third-order valence-corrected chi connectivity index (χ3v) is 5.43. The standard InChI is InChI=1S/C24H47NO5/c1-3-5-7-8-9-10-11-12-13-14-15-16-18-22(26)24(29)25-21(17-6-4-2)19-30-20-23(27)28/h21-22,26H,3-20H2,1-2H3,(H,25,29)(H,27,28)/t21-,22?/m0/s1. The van der Waals surface area contributed by atoms with E-state index in [-0.39, 0.29) is 25.2 Å². The smallest absolute Gasteiger partial charge is 0.329 e. The maximum atomic E-state index is 12.2. The fourth-order valence-electron chi connectivity index (χ4n) is 3.54. The predicted octanol–water partition coefficient (Wildman–Crippen LogP) is 5.21. The second-order valence-corrected chi connectivity index (χ2v) is 8.45. The van der Waals surface area contributed by atoms with Gasteiger partial charge in [0.25, 0.3) is 0 Å². The molecule has 0 fully saturated rings. The van der Waals surface area contributed by atoms with Gasteiger partial charge in [0.05, 0.1) is 12.6 Å². The Morgan fingerprint density at radius 2 is 1.27 bits per heavy atom.